The molecular weight excluding hydrogens is 292 g/mol. The molecule has 0 radical (unpaired) electrons. The Hall–Kier alpha value is -0.430. The van der Waals surface area contributed by atoms with Crippen molar-refractivity contribution in [3.05, 3.63) is 16.3 Å². The van der Waals surface area contributed by atoms with Crippen LogP contribution in [-0.2, 0) is 16.6 Å². The van der Waals surface area contributed by atoms with Crippen LogP contribution in [0.15, 0.2) is 16.3 Å². The molecule has 0 spiro atoms. The predicted molar refractivity (Wildman–Crippen MR) is 83.5 cm³/mol. The van der Waals surface area contributed by atoms with Crippen LogP contribution in [0.4, 0.5) is 0 Å². The van der Waals surface area contributed by atoms with E-state index >= 15 is 0 Å². The van der Waals surface area contributed by atoms with Crippen molar-refractivity contribution in [2.75, 3.05) is 13.1 Å². The number of hydrogen-bond donors (Lipinski definition) is 1. The molecule has 1 aromatic rings. The number of thiophene rings is 1. The summed E-state index contributed by atoms with van der Waals surface area (Å²) < 4.78 is 26.7. The molecule has 1 aliphatic carbocycles. The average molecular weight is 316 g/mol. The molecule has 20 heavy (non-hydrogen) atoms. The molecule has 2 rings (SSSR count). The number of unbranched alkanes of at least 4 members (excludes halogenated alkanes) is 1. The first-order valence-electron chi connectivity index (χ1n) is 7.38. The van der Waals surface area contributed by atoms with E-state index < -0.39 is 10.0 Å². The van der Waals surface area contributed by atoms with Gasteiger partial charge in [-0.05, 0) is 25.3 Å². The van der Waals surface area contributed by atoms with E-state index in [1.165, 1.54) is 24.2 Å². The number of sulfonamides is 1. The van der Waals surface area contributed by atoms with Gasteiger partial charge in [-0.2, -0.15) is 4.31 Å². The van der Waals surface area contributed by atoms with Crippen LogP contribution in [0.3, 0.4) is 0 Å². The van der Waals surface area contributed by atoms with Gasteiger partial charge < -0.3 is 5.32 Å². The monoisotopic (exact) mass is 316 g/mol. The predicted octanol–water partition coefficient (Wildman–Crippen LogP) is 2.81. The van der Waals surface area contributed by atoms with Gasteiger partial charge in [-0.1, -0.05) is 20.3 Å². The van der Waals surface area contributed by atoms with Gasteiger partial charge in [-0.25, -0.2) is 8.42 Å². The largest absolute Gasteiger partial charge is 0.309 e. The number of hydrogen-bond acceptors (Lipinski definition) is 4. The van der Waals surface area contributed by atoms with Crippen LogP contribution in [0.25, 0.3) is 0 Å². The van der Waals surface area contributed by atoms with Gasteiger partial charge in [0.05, 0.1) is 4.90 Å². The topological polar surface area (TPSA) is 49.4 Å². The minimum Gasteiger partial charge on any atom is -0.309 e. The molecule has 0 bridgehead atoms. The second-order valence-electron chi connectivity index (χ2n) is 5.25. The molecule has 0 aliphatic heterocycles. The van der Waals surface area contributed by atoms with Crippen LogP contribution in [-0.4, -0.2) is 31.9 Å². The molecular formula is C14H24N2O2S2. The third-order valence-electron chi connectivity index (χ3n) is 3.52. The highest BCUT2D eigenvalue weighted by Crippen LogP contribution is 2.25. The summed E-state index contributed by atoms with van der Waals surface area (Å²) >= 11 is 1.53. The molecule has 1 aliphatic rings. The summed E-state index contributed by atoms with van der Waals surface area (Å²) in [5, 5.41) is 5.19. The zero-order valence-corrected chi connectivity index (χ0v) is 13.9. The standard InChI is InChI=1S/C14H24N2O2S2/c1-3-5-8-16(4-2)20(17,18)14-9-13(19-11-14)10-15-12-6-7-12/h9,11-12,15H,3-8,10H2,1-2H3. The highest BCUT2D eigenvalue weighted by atomic mass is 32.2. The van der Waals surface area contributed by atoms with E-state index in [0.717, 1.165) is 24.3 Å². The Morgan fingerprint density at radius 3 is 2.75 bits per heavy atom. The molecule has 4 nitrogen and oxygen atoms in total. The molecule has 114 valence electrons. The Morgan fingerprint density at radius 1 is 1.40 bits per heavy atom. The molecule has 0 amide bonds. The van der Waals surface area contributed by atoms with Gasteiger partial charge in [0.25, 0.3) is 0 Å². The minimum atomic E-state index is -3.31. The Bertz CT molecular complexity index is 521. The summed E-state index contributed by atoms with van der Waals surface area (Å²) in [6.07, 6.45) is 4.41. The van der Waals surface area contributed by atoms with Crippen LogP contribution in [0.2, 0.25) is 0 Å². The molecule has 0 unspecified atom stereocenters. The van der Waals surface area contributed by atoms with Crippen LogP contribution >= 0.6 is 11.3 Å². The zero-order valence-electron chi connectivity index (χ0n) is 12.3. The first-order chi connectivity index (χ1) is 9.57. The minimum absolute atomic E-state index is 0.452. The fraction of sp³-hybridized carbons (Fsp3) is 0.714. The van der Waals surface area contributed by atoms with E-state index in [-0.39, 0.29) is 0 Å². The van der Waals surface area contributed by atoms with Crippen molar-refractivity contribution in [1.82, 2.24) is 9.62 Å². The molecule has 0 aromatic carbocycles. The number of nitrogens with one attached hydrogen (secondary N) is 1. The Balaban J connectivity index is 2.03. The lowest BCUT2D eigenvalue weighted by molar-refractivity contribution is 0.419. The summed E-state index contributed by atoms with van der Waals surface area (Å²) in [5.74, 6) is 0. The maximum atomic E-state index is 12.5. The van der Waals surface area contributed by atoms with Crippen molar-refractivity contribution < 1.29 is 8.42 Å². The van der Waals surface area contributed by atoms with Crippen LogP contribution in [0.1, 0.15) is 44.4 Å². The van der Waals surface area contributed by atoms with E-state index in [2.05, 4.69) is 12.2 Å². The van der Waals surface area contributed by atoms with Crippen LogP contribution in [0.5, 0.6) is 0 Å². The summed E-state index contributed by atoms with van der Waals surface area (Å²) in [6.45, 7) is 5.91. The summed E-state index contributed by atoms with van der Waals surface area (Å²) in [4.78, 5) is 1.55. The van der Waals surface area contributed by atoms with Crippen molar-refractivity contribution in [1.29, 1.82) is 0 Å². The van der Waals surface area contributed by atoms with Gasteiger partial charge in [0.1, 0.15) is 0 Å². The van der Waals surface area contributed by atoms with Crippen LogP contribution in [0, 0.1) is 0 Å². The van der Waals surface area contributed by atoms with E-state index in [1.54, 1.807) is 9.69 Å². The molecule has 1 heterocycles. The first kappa shape index (κ1) is 15.9. The maximum Gasteiger partial charge on any atom is 0.243 e. The van der Waals surface area contributed by atoms with Crippen molar-refractivity contribution in [3.63, 3.8) is 0 Å². The zero-order chi connectivity index (χ0) is 14.6. The van der Waals surface area contributed by atoms with E-state index in [4.69, 9.17) is 0 Å². The fourth-order valence-corrected chi connectivity index (χ4v) is 4.75. The second-order valence-corrected chi connectivity index (χ2v) is 8.19. The fourth-order valence-electron chi connectivity index (χ4n) is 2.05. The van der Waals surface area contributed by atoms with Gasteiger partial charge in [-0.3, -0.25) is 0 Å². The first-order valence-corrected chi connectivity index (χ1v) is 9.70. The van der Waals surface area contributed by atoms with Gasteiger partial charge in [-0.15, -0.1) is 11.3 Å². The SMILES string of the molecule is CCCCN(CC)S(=O)(=O)c1csc(CNC2CC2)c1. The summed E-state index contributed by atoms with van der Waals surface area (Å²) in [5.41, 5.74) is 0. The molecule has 1 fully saturated rings. The molecule has 1 saturated carbocycles. The molecule has 1 N–H and O–H groups in total. The average Bonchev–Trinajstić information content (AvgIpc) is 3.13. The van der Waals surface area contributed by atoms with Crippen molar-refractivity contribution in [3.8, 4) is 0 Å². The summed E-state index contributed by atoms with van der Waals surface area (Å²) in [7, 11) is -3.31. The van der Waals surface area contributed by atoms with Crippen molar-refractivity contribution >= 4 is 21.4 Å². The maximum absolute atomic E-state index is 12.5. The molecule has 6 heteroatoms. The van der Waals surface area contributed by atoms with Crippen molar-refractivity contribution in [2.45, 2.75) is 57.0 Å². The lowest BCUT2D eigenvalue weighted by Crippen LogP contribution is -2.31. The smallest absolute Gasteiger partial charge is 0.243 e. The Morgan fingerprint density at radius 2 is 2.15 bits per heavy atom. The van der Waals surface area contributed by atoms with E-state index in [0.29, 0.717) is 24.0 Å². The summed E-state index contributed by atoms with van der Waals surface area (Å²) in [6, 6.07) is 2.47. The second kappa shape index (κ2) is 7.02. The van der Waals surface area contributed by atoms with E-state index in [1.807, 2.05) is 13.0 Å². The lowest BCUT2D eigenvalue weighted by atomic mass is 10.3. The van der Waals surface area contributed by atoms with Gasteiger partial charge in [0.2, 0.25) is 10.0 Å². The Labute approximate surface area is 126 Å². The van der Waals surface area contributed by atoms with Crippen LogP contribution < -0.4 is 5.32 Å². The highest BCUT2D eigenvalue weighted by molar-refractivity contribution is 7.89. The van der Waals surface area contributed by atoms with E-state index in [9.17, 15) is 8.42 Å². The van der Waals surface area contributed by atoms with Gasteiger partial charge >= 0.3 is 0 Å². The quantitative estimate of drug-likeness (QED) is 0.762. The molecule has 0 atom stereocenters. The third-order valence-corrected chi connectivity index (χ3v) is 6.56. The van der Waals surface area contributed by atoms with Gasteiger partial charge in [0, 0.05) is 35.9 Å². The van der Waals surface area contributed by atoms with Crippen molar-refractivity contribution in [2.24, 2.45) is 0 Å². The third kappa shape index (κ3) is 4.04. The van der Waals surface area contributed by atoms with Gasteiger partial charge in [0.15, 0.2) is 0 Å². The normalized spacial score (nSPS) is 15.9. The molecule has 1 aromatic heterocycles. The number of nitrogens with zero attached hydrogens (tertiary/aromatic N) is 1. The Kier molecular flexibility index (Phi) is 5.60. The number of rotatable bonds is 9. The lowest BCUT2D eigenvalue weighted by Gasteiger charge is -2.19. The molecule has 0 saturated heterocycles. The highest BCUT2D eigenvalue weighted by Gasteiger charge is 2.24.